The van der Waals surface area contributed by atoms with Crippen LogP contribution in [0.1, 0.15) is 15.9 Å². The van der Waals surface area contributed by atoms with Crippen molar-refractivity contribution < 1.29 is 9.18 Å². The molecule has 1 amide bonds. The van der Waals surface area contributed by atoms with Crippen molar-refractivity contribution in [2.24, 2.45) is 0 Å². The highest BCUT2D eigenvalue weighted by Gasteiger charge is 2.18. The molecule has 1 N–H and O–H groups in total. The van der Waals surface area contributed by atoms with Gasteiger partial charge in [0, 0.05) is 54.1 Å². The molecule has 4 nitrogen and oxygen atoms in total. The Morgan fingerprint density at radius 3 is 2.42 bits per heavy atom. The highest BCUT2D eigenvalue weighted by molar-refractivity contribution is 9.10. The van der Waals surface area contributed by atoms with Crippen LogP contribution in [0.15, 0.2) is 71.2 Å². The second-order valence-corrected chi connectivity index (χ2v) is 8.80. The molecule has 0 unspecified atom stereocenters. The lowest BCUT2D eigenvalue weighted by Gasteiger charge is -2.36. The maximum Gasteiger partial charge on any atom is 0.257 e. The molecule has 1 saturated heterocycles. The van der Waals surface area contributed by atoms with Crippen molar-refractivity contribution in [2.45, 2.75) is 6.54 Å². The summed E-state index contributed by atoms with van der Waals surface area (Å²) in [6, 6.07) is 19.9. The number of piperazine rings is 1. The van der Waals surface area contributed by atoms with Crippen LogP contribution in [-0.4, -0.2) is 37.0 Å². The van der Waals surface area contributed by atoms with E-state index in [1.807, 2.05) is 36.4 Å². The van der Waals surface area contributed by atoms with Gasteiger partial charge < -0.3 is 10.2 Å². The molecule has 0 spiro atoms. The fraction of sp³-hybridized carbons (Fsp3) is 0.208. The normalized spacial score (nSPS) is 14.5. The van der Waals surface area contributed by atoms with Gasteiger partial charge in [0.15, 0.2) is 0 Å². The Bertz CT molecular complexity index is 1070. The number of nitrogens with one attached hydrogen (secondary N) is 1. The highest BCUT2D eigenvalue weighted by atomic mass is 79.9. The summed E-state index contributed by atoms with van der Waals surface area (Å²) in [6.07, 6.45) is 0. The van der Waals surface area contributed by atoms with E-state index < -0.39 is 0 Å². The van der Waals surface area contributed by atoms with Crippen LogP contribution < -0.4 is 10.2 Å². The third kappa shape index (κ3) is 5.45. The molecule has 0 aliphatic carbocycles. The number of halogens is 3. The van der Waals surface area contributed by atoms with Crippen LogP contribution in [0, 0.1) is 5.82 Å². The predicted octanol–water partition coefficient (Wildman–Crippen LogP) is 5.82. The van der Waals surface area contributed by atoms with E-state index in [4.69, 9.17) is 11.6 Å². The SMILES string of the molecule is O=C(Nc1ccc(N2CCN(Cc3ccccc3F)CC2)cc1)c1cc(Br)ccc1Cl. The molecular weight excluding hydrogens is 481 g/mol. The second-order valence-electron chi connectivity index (χ2n) is 7.48. The lowest BCUT2D eigenvalue weighted by molar-refractivity contribution is 0.102. The first kappa shape index (κ1) is 21.8. The number of rotatable bonds is 5. The summed E-state index contributed by atoms with van der Waals surface area (Å²) in [5, 5.41) is 3.30. The third-order valence-electron chi connectivity index (χ3n) is 5.39. The molecule has 31 heavy (non-hydrogen) atoms. The van der Waals surface area contributed by atoms with E-state index in [1.165, 1.54) is 6.07 Å². The molecule has 3 aromatic carbocycles. The van der Waals surface area contributed by atoms with E-state index in [0.717, 1.165) is 41.9 Å². The van der Waals surface area contributed by atoms with Crippen molar-refractivity contribution >= 4 is 44.8 Å². The summed E-state index contributed by atoms with van der Waals surface area (Å²) in [7, 11) is 0. The molecule has 7 heteroatoms. The average Bonchev–Trinajstić information content (AvgIpc) is 2.78. The molecular formula is C24H22BrClFN3O. The number of hydrogen-bond acceptors (Lipinski definition) is 3. The molecule has 0 radical (unpaired) electrons. The van der Waals surface area contributed by atoms with Crippen LogP contribution in [0.25, 0.3) is 0 Å². The van der Waals surface area contributed by atoms with E-state index in [2.05, 4.69) is 31.0 Å². The van der Waals surface area contributed by atoms with E-state index in [-0.39, 0.29) is 11.7 Å². The molecule has 0 atom stereocenters. The Morgan fingerprint density at radius 1 is 1.00 bits per heavy atom. The van der Waals surface area contributed by atoms with Crippen molar-refractivity contribution in [2.75, 3.05) is 36.4 Å². The number of carbonyl (C=O) groups excluding carboxylic acids is 1. The third-order valence-corrected chi connectivity index (χ3v) is 6.21. The van der Waals surface area contributed by atoms with E-state index in [9.17, 15) is 9.18 Å². The van der Waals surface area contributed by atoms with Gasteiger partial charge in [-0.05, 0) is 48.5 Å². The first-order valence-electron chi connectivity index (χ1n) is 10.1. The zero-order chi connectivity index (χ0) is 21.8. The van der Waals surface area contributed by atoms with Crippen molar-refractivity contribution in [1.82, 2.24) is 4.90 Å². The maximum absolute atomic E-state index is 13.9. The van der Waals surface area contributed by atoms with Gasteiger partial charge in [0.25, 0.3) is 5.91 Å². The molecule has 1 heterocycles. The monoisotopic (exact) mass is 501 g/mol. The van der Waals surface area contributed by atoms with Crippen molar-refractivity contribution in [1.29, 1.82) is 0 Å². The zero-order valence-corrected chi connectivity index (χ0v) is 19.2. The minimum atomic E-state index is -0.249. The van der Waals surface area contributed by atoms with Crippen LogP contribution in [0.2, 0.25) is 5.02 Å². The van der Waals surface area contributed by atoms with Gasteiger partial charge >= 0.3 is 0 Å². The lowest BCUT2D eigenvalue weighted by Crippen LogP contribution is -2.46. The Kier molecular flexibility index (Phi) is 6.90. The summed E-state index contributed by atoms with van der Waals surface area (Å²) in [5.41, 5.74) is 2.97. The van der Waals surface area contributed by atoms with Gasteiger partial charge in [-0.15, -0.1) is 0 Å². The number of amides is 1. The standard InChI is InChI=1S/C24H22BrClFN3O/c25-18-5-10-22(26)21(15-18)24(31)28-19-6-8-20(9-7-19)30-13-11-29(12-14-30)16-17-3-1-2-4-23(17)27/h1-10,15H,11-14,16H2,(H,28,31). The Morgan fingerprint density at radius 2 is 1.71 bits per heavy atom. The second kappa shape index (κ2) is 9.81. The smallest absolute Gasteiger partial charge is 0.257 e. The fourth-order valence-electron chi connectivity index (χ4n) is 3.66. The van der Waals surface area contributed by atoms with Gasteiger partial charge in [-0.2, -0.15) is 0 Å². The first-order valence-corrected chi connectivity index (χ1v) is 11.2. The van der Waals surface area contributed by atoms with Gasteiger partial charge in [-0.3, -0.25) is 9.69 Å². The van der Waals surface area contributed by atoms with E-state index in [0.29, 0.717) is 22.8 Å². The summed E-state index contributed by atoms with van der Waals surface area (Å²) in [6.45, 7) is 4.10. The predicted molar refractivity (Wildman–Crippen MR) is 127 cm³/mol. The first-order chi connectivity index (χ1) is 15.0. The average molecular weight is 503 g/mol. The van der Waals surface area contributed by atoms with E-state index in [1.54, 1.807) is 24.3 Å². The molecule has 1 fully saturated rings. The van der Waals surface area contributed by atoms with Gasteiger partial charge in [0.05, 0.1) is 10.6 Å². The van der Waals surface area contributed by atoms with Crippen LogP contribution in [-0.2, 0) is 6.54 Å². The summed E-state index contributed by atoms with van der Waals surface area (Å²) in [5.74, 6) is -0.396. The Balaban J connectivity index is 1.33. The van der Waals surface area contributed by atoms with Gasteiger partial charge in [0.1, 0.15) is 5.82 Å². The number of benzene rings is 3. The van der Waals surface area contributed by atoms with Crippen molar-refractivity contribution in [3.63, 3.8) is 0 Å². The summed E-state index contributed by atoms with van der Waals surface area (Å²) < 4.78 is 14.7. The van der Waals surface area contributed by atoms with E-state index >= 15 is 0 Å². The minimum Gasteiger partial charge on any atom is -0.369 e. The molecule has 160 valence electrons. The molecule has 3 aromatic rings. The molecule has 1 aliphatic rings. The lowest BCUT2D eigenvalue weighted by atomic mass is 10.1. The largest absolute Gasteiger partial charge is 0.369 e. The Labute approximate surface area is 194 Å². The van der Waals surface area contributed by atoms with Crippen LogP contribution in [0.4, 0.5) is 15.8 Å². The molecule has 0 aromatic heterocycles. The Hall–Kier alpha value is -2.41. The quantitative estimate of drug-likeness (QED) is 0.478. The van der Waals surface area contributed by atoms with Crippen LogP contribution >= 0.6 is 27.5 Å². The summed E-state index contributed by atoms with van der Waals surface area (Å²) >= 11 is 9.51. The molecule has 1 aliphatic heterocycles. The highest BCUT2D eigenvalue weighted by Crippen LogP contribution is 2.24. The van der Waals surface area contributed by atoms with Crippen LogP contribution in [0.3, 0.4) is 0 Å². The topological polar surface area (TPSA) is 35.6 Å². The zero-order valence-electron chi connectivity index (χ0n) is 16.8. The van der Waals surface area contributed by atoms with Crippen molar-refractivity contribution in [3.05, 3.63) is 93.2 Å². The molecule has 0 saturated carbocycles. The maximum atomic E-state index is 13.9. The van der Waals surface area contributed by atoms with Gasteiger partial charge in [-0.1, -0.05) is 45.7 Å². The molecule has 4 rings (SSSR count). The minimum absolute atomic E-state index is 0.147. The van der Waals surface area contributed by atoms with Gasteiger partial charge in [0.2, 0.25) is 0 Å². The summed E-state index contributed by atoms with van der Waals surface area (Å²) in [4.78, 5) is 17.1. The van der Waals surface area contributed by atoms with Crippen molar-refractivity contribution in [3.8, 4) is 0 Å². The number of nitrogens with zero attached hydrogens (tertiary/aromatic N) is 2. The van der Waals surface area contributed by atoms with Crippen LogP contribution in [0.5, 0.6) is 0 Å². The molecule has 0 bridgehead atoms. The number of hydrogen-bond donors (Lipinski definition) is 1. The van der Waals surface area contributed by atoms with Gasteiger partial charge in [-0.25, -0.2) is 4.39 Å². The fourth-order valence-corrected chi connectivity index (χ4v) is 4.22. The number of anilines is 2. The number of carbonyl (C=O) groups is 1.